The van der Waals surface area contributed by atoms with Gasteiger partial charge in [0, 0.05) is 12.8 Å². The predicted octanol–water partition coefficient (Wildman–Crippen LogP) is 1.03. The normalized spacial score (nSPS) is 11.9. The SMILES string of the molecule is CCCC(=O)OC[C@@H](CO)OC(=O)CCC. The summed E-state index contributed by atoms with van der Waals surface area (Å²) in [6.07, 6.45) is 1.28. The Morgan fingerprint density at radius 3 is 2.19 bits per heavy atom. The average molecular weight is 232 g/mol. The van der Waals surface area contributed by atoms with E-state index in [0.29, 0.717) is 25.7 Å². The Bertz CT molecular complexity index is 214. The van der Waals surface area contributed by atoms with E-state index in [1.54, 1.807) is 0 Å². The number of carbonyl (C=O) groups is 2. The molecule has 0 heterocycles. The Hall–Kier alpha value is -1.10. The summed E-state index contributed by atoms with van der Waals surface area (Å²) >= 11 is 0. The van der Waals surface area contributed by atoms with E-state index < -0.39 is 6.10 Å². The Kier molecular flexibility index (Phi) is 8.52. The molecule has 1 N–H and O–H groups in total. The van der Waals surface area contributed by atoms with E-state index in [9.17, 15) is 9.59 Å². The zero-order chi connectivity index (χ0) is 12.4. The third-order valence-electron chi connectivity index (χ3n) is 1.84. The minimum atomic E-state index is -0.750. The lowest BCUT2D eigenvalue weighted by atomic mass is 10.3. The number of hydrogen-bond acceptors (Lipinski definition) is 5. The van der Waals surface area contributed by atoms with Crippen LogP contribution < -0.4 is 0 Å². The summed E-state index contributed by atoms with van der Waals surface area (Å²) in [4.78, 5) is 22.1. The van der Waals surface area contributed by atoms with Gasteiger partial charge in [-0.1, -0.05) is 13.8 Å². The molecule has 1 atom stereocenters. The summed E-state index contributed by atoms with van der Waals surface area (Å²) in [6.45, 7) is 3.31. The average Bonchev–Trinajstić information content (AvgIpc) is 2.25. The fourth-order valence-electron chi connectivity index (χ4n) is 1.04. The molecular weight excluding hydrogens is 212 g/mol. The van der Waals surface area contributed by atoms with Gasteiger partial charge in [0.1, 0.15) is 6.61 Å². The minimum Gasteiger partial charge on any atom is -0.462 e. The molecule has 0 saturated heterocycles. The molecule has 0 rings (SSSR count). The number of aliphatic hydroxyl groups excluding tert-OH is 1. The molecule has 0 radical (unpaired) electrons. The minimum absolute atomic E-state index is 0.0786. The van der Waals surface area contributed by atoms with Crippen LogP contribution in [0.5, 0.6) is 0 Å². The van der Waals surface area contributed by atoms with Crippen molar-refractivity contribution in [1.82, 2.24) is 0 Å². The lowest BCUT2D eigenvalue weighted by Crippen LogP contribution is -2.28. The van der Waals surface area contributed by atoms with Crippen molar-refractivity contribution < 1.29 is 24.2 Å². The molecule has 94 valence electrons. The van der Waals surface area contributed by atoms with E-state index in [0.717, 1.165) is 0 Å². The first-order valence-corrected chi connectivity index (χ1v) is 5.59. The summed E-state index contributed by atoms with van der Waals surface area (Å²) in [6, 6.07) is 0. The summed E-state index contributed by atoms with van der Waals surface area (Å²) < 4.78 is 9.74. The van der Waals surface area contributed by atoms with Crippen LogP contribution in [0.2, 0.25) is 0 Å². The molecule has 0 spiro atoms. The molecule has 0 aromatic carbocycles. The quantitative estimate of drug-likeness (QED) is 0.633. The van der Waals surface area contributed by atoms with Crippen molar-refractivity contribution in [3.63, 3.8) is 0 Å². The van der Waals surface area contributed by atoms with Crippen LogP contribution >= 0.6 is 0 Å². The molecular formula is C11H20O5. The molecule has 0 aliphatic carbocycles. The molecule has 0 aromatic heterocycles. The molecule has 0 aliphatic heterocycles. The molecule has 0 unspecified atom stereocenters. The molecule has 0 saturated carbocycles. The van der Waals surface area contributed by atoms with Crippen molar-refractivity contribution >= 4 is 11.9 Å². The lowest BCUT2D eigenvalue weighted by molar-refractivity contribution is -0.161. The molecule has 5 nitrogen and oxygen atoms in total. The van der Waals surface area contributed by atoms with Gasteiger partial charge >= 0.3 is 11.9 Å². The van der Waals surface area contributed by atoms with Crippen LogP contribution in [0.1, 0.15) is 39.5 Å². The maximum absolute atomic E-state index is 11.1. The van der Waals surface area contributed by atoms with Crippen molar-refractivity contribution in [3.05, 3.63) is 0 Å². The highest BCUT2D eigenvalue weighted by atomic mass is 16.6. The van der Waals surface area contributed by atoms with Crippen LogP contribution in [0, 0.1) is 0 Å². The third-order valence-corrected chi connectivity index (χ3v) is 1.84. The van der Waals surface area contributed by atoms with E-state index >= 15 is 0 Å². The van der Waals surface area contributed by atoms with Gasteiger partial charge in [0.2, 0.25) is 0 Å². The molecule has 0 aliphatic rings. The standard InChI is InChI=1S/C11H20O5/c1-3-5-10(13)15-8-9(7-12)16-11(14)6-4-2/h9,12H,3-8H2,1-2H3/t9-/m1/s1. The number of esters is 2. The first-order chi connectivity index (χ1) is 7.63. The van der Waals surface area contributed by atoms with E-state index in [4.69, 9.17) is 14.6 Å². The number of hydrogen-bond donors (Lipinski definition) is 1. The predicted molar refractivity (Wildman–Crippen MR) is 57.7 cm³/mol. The fraction of sp³-hybridized carbons (Fsp3) is 0.818. The zero-order valence-electron chi connectivity index (χ0n) is 9.90. The van der Waals surface area contributed by atoms with Gasteiger partial charge in [0.25, 0.3) is 0 Å². The number of carbonyl (C=O) groups excluding carboxylic acids is 2. The largest absolute Gasteiger partial charge is 0.462 e. The van der Waals surface area contributed by atoms with E-state index in [-0.39, 0.29) is 25.2 Å². The van der Waals surface area contributed by atoms with Gasteiger partial charge in [0.15, 0.2) is 6.10 Å². The van der Waals surface area contributed by atoms with Crippen molar-refractivity contribution in [2.45, 2.75) is 45.6 Å². The van der Waals surface area contributed by atoms with Crippen molar-refractivity contribution in [1.29, 1.82) is 0 Å². The molecule has 0 bridgehead atoms. The smallest absolute Gasteiger partial charge is 0.306 e. The molecule has 0 amide bonds. The summed E-state index contributed by atoms with van der Waals surface area (Å²) in [7, 11) is 0. The molecule has 5 heteroatoms. The zero-order valence-corrected chi connectivity index (χ0v) is 9.90. The highest BCUT2D eigenvalue weighted by Crippen LogP contribution is 2.00. The van der Waals surface area contributed by atoms with E-state index in [1.165, 1.54) is 0 Å². The molecule has 0 aromatic rings. The van der Waals surface area contributed by atoms with E-state index in [2.05, 4.69) is 0 Å². The van der Waals surface area contributed by atoms with Gasteiger partial charge in [-0.2, -0.15) is 0 Å². The van der Waals surface area contributed by atoms with Gasteiger partial charge in [-0.25, -0.2) is 0 Å². The summed E-state index contributed by atoms with van der Waals surface area (Å²) in [5.41, 5.74) is 0. The first-order valence-electron chi connectivity index (χ1n) is 5.59. The van der Waals surface area contributed by atoms with Crippen LogP contribution in [0.3, 0.4) is 0 Å². The van der Waals surface area contributed by atoms with Crippen LogP contribution in [-0.2, 0) is 19.1 Å². The van der Waals surface area contributed by atoms with Crippen molar-refractivity contribution in [3.8, 4) is 0 Å². The number of rotatable bonds is 8. The number of ether oxygens (including phenoxy) is 2. The maximum Gasteiger partial charge on any atom is 0.306 e. The first kappa shape index (κ1) is 14.9. The highest BCUT2D eigenvalue weighted by Gasteiger charge is 2.15. The van der Waals surface area contributed by atoms with Gasteiger partial charge < -0.3 is 14.6 Å². The van der Waals surface area contributed by atoms with Crippen LogP contribution in [-0.4, -0.2) is 36.4 Å². The maximum atomic E-state index is 11.1. The van der Waals surface area contributed by atoms with Crippen LogP contribution in [0.15, 0.2) is 0 Å². The van der Waals surface area contributed by atoms with Gasteiger partial charge in [-0.05, 0) is 12.8 Å². The lowest BCUT2D eigenvalue weighted by Gasteiger charge is -2.15. The second kappa shape index (κ2) is 9.15. The molecule has 0 fully saturated rings. The summed E-state index contributed by atoms with van der Waals surface area (Å²) in [5, 5.41) is 8.92. The van der Waals surface area contributed by atoms with Crippen LogP contribution in [0.4, 0.5) is 0 Å². The Balaban J connectivity index is 3.82. The van der Waals surface area contributed by atoms with E-state index in [1.807, 2.05) is 13.8 Å². The Labute approximate surface area is 95.7 Å². The van der Waals surface area contributed by atoms with Crippen LogP contribution in [0.25, 0.3) is 0 Å². The highest BCUT2D eigenvalue weighted by molar-refractivity contribution is 5.70. The number of aliphatic hydroxyl groups is 1. The van der Waals surface area contributed by atoms with Crippen molar-refractivity contribution in [2.24, 2.45) is 0 Å². The van der Waals surface area contributed by atoms with Gasteiger partial charge in [-0.15, -0.1) is 0 Å². The second-order valence-electron chi connectivity index (χ2n) is 3.48. The topological polar surface area (TPSA) is 72.8 Å². The van der Waals surface area contributed by atoms with Crippen molar-refractivity contribution in [2.75, 3.05) is 13.2 Å². The Morgan fingerprint density at radius 1 is 1.12 bits per heavy atom. The fourth-order valence-corrected chi connectivity index (χ4v) is 1.04. The van der Waals surface area contributed by atoms with Gasteiger partial charge in [-0.3, -0.25) is 9.59 Å². The Morgan fingerprint density at radius 2 is 1.69 bits per heavy atom. The monoisotopic (exact) mass is 232 g/mol. The molecule has 16 heavy (non-hydrogen) atoms. The van der Waals surface area contributed by atoms with Gasteiger partial charge in [0.05, 0.1) is 6.61 Å². The summed E-state index contributed by atoms with van der Waals surface area (Å²) in [5.74, 6) is -0.722. The second-order valence-corrected chi connectivity index (χ2v) is 3.48. The third kappa shape index (κ3) is 7.23.